The molecule has 6 heteroatoms. The summed E-state index contributed by atoms with van der Waals surface area (Å²) in [6.45, 7) is 0. The standard InChI is InChI=1S/C23H23FN4O/c24-18-5-4-8-20(13-18)28-23(29)17-11-9-16(10-12-17)21-14-22(26-15-25-21)27-19-6-2-1-3-7-19/h4-5,8-15,19H,1-3,6-7H2,(H,28,29)(H,25,26,27). The molecule has 0 bridgehead atoms. The van der Waals surface area contributed by atoms with Crippen LogP contribution in [0.4, 0.5) is 15.9 Å². The maximum atomic E-state index is 13.3. The summed E-state index contributed by atoms with van der Waals surface area (Å²) in [5.74, 6) is 0.152. The molecule has 0 radical (unpaired) electrons. The molecule has 0 unspecified atom stereocenters. The highest BCUT2D eigenvalue weighted by atomic mass is 19.1. The van der Waals surface area contributed by atoms with E-state index in [1.54, 1.807) is 30.6 Å². The third-order valence-corrected chi connectivity index (χ3v) is 5.15. The Morgan fingerprint density at radius 2 is 1.76 bits per heavy atom. The van der Waals surface area contributed by atoms with Crippen molar-refractivity contribution in [1.29, 1.82) is 0 Å². The van der Waals surface area contributed by atoms with Gasteiger partial charge in [-0.3, -0.25) is 4.79 Å². The van der Waals surface area contributed by atoms with Gasteiger partial charge in [-0.05, 0) is 43.2 Å². The van der Waals surface area contributed by atoms with Crippen molar-refractivity contribution in [2.75, 3.05) is 10.6 Å². The molecule has 1 aromatic heterocycles. The van der Waals surface area contributed by atoms with Crippen LogP contribution in [0.5, 0.6) is 0 Å². The molecular weight excluding hydrogens is 367 g/mol. The molecule has 1 aliphatic rings. The van der Waals surface area contributed by atoms with Crippen molar-refractivity contribution in [3.63, 3.8) is 0 Å². The number of hydrogen-bond acceptors (Lipinski definition) is 4. The first-order chi connectivity index (χ1) is 14.2. The summed E-state index contributed by atoms with van der Waals surface area (Å²) in [6, 6.07) is 15.4. The second kappa shape index (κ2) is 8.82. The first-order valence-corrected chi connectivity index (χ1v) is 9.93. The van der Waals surface area contributed by atoms with Crippen molar-refractivity contribution in [3.05, 3.63) is 72.3 Å². The largest absolute Gasteiger partial charge is 0.367 e. The van der Waals surface area contributed by atoms with Gasteiger partial charge in [-0.1, -0.05) is 37.5 Å². The summed E-state index contributed by atoms with van der Waals surface area (Å²) in [5, 5.41) is 6.20. The number of hydrogen-bond donors (Lipinski definition) is 2. The molecule has 1 saturated carbocycles. The minimum absolute atomic E-state index is 0.288. The summed E-state index contributed by atoms with van der Waals surface area (Å²) < 4.78 is 13.3. The number of carbonyl (C=O) groups is 1. The number of halogens is 1. The molecule has 1 aliphatic carbocycles. The van der Waals surface area contributed by atoms with Crippen molar-refractivity contribution in [2.24, 2.45) is 0 Å². The highest BCUT2D eigenvalue weighted by Gasteiger charge is 2.14. The van der Waals surface area contributed by atoms with Gasteiger partial charge in [0.05, 0.1) is 5.69 Å². The summed E-state index contributed by atoms with van der Waals surface area (Å²) >= 11 is 0. The minimum Gasteiger partial charge on any atom is -0.367 e. The number of anilines is 2. The summed E-state index contributed by atoms with van der Waals surface area (Å²) in [7, 11) is 0. The molecular formula is C23H23FN4O. The van der Waals surface area contributed by atoms with E-state index in [9.17, 15) is 9.18 Å². The van der Waals surface area contributed by atoms with E-state index in [-0.39, 0.29) is 11.7 Å². The first kappa shape index (κ1) is 19.1. The summed E-state index contributed by atoms with van der Waals surface area (Å²) in [4.78, 5) is 21.1. The van der Waals surface area contributed by atoms with Crippen LogP contribution >= 0.6 is 0 Å². The summed E-state index contributed by atoms with van der Waals surface area (Å²) in [5.41, 5.74) is 2.62. The van der Waals surface area contributed by atoms with Crippen LogP contribution in [0.1, 0.15) is 42.5 Å². The van der Waals surface area contributed by atoms with Gasteiger partial charge in [0.15, 0.2) is 0 Å². The molecule has 1 amide bonds. The van der Waals surface area contributed by atoms with Crippen LogP contribution in [-0.4, -0.2) is 21.9 Å². The van der Waals surface area contributed by atoms with Crippen LogP contribution in [0.2, 0.25) is 0 Å². The van der Waals surface area contributed by atoms with Crippen LogP contribution in [0.25, 0.3) is 11.3 Å². The van der Waals surface area contributed by atoms with Crippen LogP contribution in [0, 0.1) is 5.82 Å². The van der Waals surface area contributed by atoms with Gasteiger partial charge in [0.1, 0.15) is 18.0 Å². The van der Waals surface area contributed by atoms with Crippen LogP contribution < -0.4 is 10.6 Å². The zero-order chi connectivity index (χ0) is 20.1. The van der Waals surface area contributed by atoms with E-state index in [2.05, 4.69) is 20.6 Å². The molecule has 2 N–H and O–H groups in total. The lowest BCUT2D eigenvalue weighted by atomic mass is 9.95. The van der Waals surface area contributed by atoms with Gasteiger partial charge in [-0.2, -0.15) is 0 Å². The van der Waals surface area contributed by atoms with E-state index in [4.69, 9.17) is 0 Å². The lowest BCUT2D eigenvalue weighted by Crippen LogP contribution is -2.22. The number of carbonyl (C=O) groups excluding carboxylic acids is 1. The minimum atomic E-state index is -0.389. The monoisotopic (exact) mass is 390 g/mol. The maximum Gasteiger partial charge on any atom is 0.255 e. The van der Waals surface area contributed by atoms with Gasteiger partial charge < -0.3 is 10.6 Å². The Morgan fingerprint density at radius 3 is 2.52 bits per heavy atom. The average molecular weight is 390 g/mol. The first-order valence-electron chi connectivity index (χ1n) is 9.93. The smallest absolute Gasteiger partial charge is 0.255 e. The van der Waals surface area contributed by atoms with Crippen LogP contribution in [0.3, 0.4) is 0 Å². The second-order valence-electron chi connectivity index (χ2n) is 7.31. The maximum absolute atomic E-state index is 13.3. The number of benzene rings is 2. The Morgan fingerprint density at radius 1 is 0.966 bits per heavy atom. The Bertz CT molecular complexity index is 984. The highest BCUT2D eigenvalue weighted by molar-refractivity contribution is 6.04. The Balaban J connectivity index is 1.44. The zero-order valence-electron chi connectivity index (χ0n) is 16.1. The highest BCUT2D eigenvalue weighted by Crippen LogP contribution is 2.24. The molecule has 0 spiro atoms. The van der Waals surface area contributed by atoms with Crippen LogP contribution in [0.15, 0.2) is 60.9 Å². The number of aromatic nitrogens is 2. The molecule has 0 atom stereocenters. The van der Waals surface area contributed by atoms with Gasteiger partial charge in [0, 0.05) is 28.9 Å². The van der Waals surface area contributed by atoms with E-state index < -0.39 is 0 Å². The molecule has 0 saturated heterocycles. The van der Waals surface area contributed by atoms with Gasteiger partial charge in [0.2, 0.25) is 0 Å². The SMILES string of the molecule is O=C(Nc1cccc(F)c1)c1ccc(-c2cc(NC3CCCCC3)ncn2)cc1. The lowest BCUT2D eigenvalue weighted by molar-refractivity contribution is 0.102. The molecule has 5 nitrogen and oxygen atoms in total. The van der Waals surface area contributed by atoms with E-state index >= 15 is 0 Å². The van der Waals surface area contributed by atoms with Crippen molar-refractivity contribution >= 4 is 17.4 Å². The molecule has 4 rings (SSSR count). The van der Waals surface area contributed by atoms with E-state index in [0.717, 1.165) is 17.1 Å². The molecule has 0 aliphatic heterocycles. The normalized spacial score (nSPS) is 14.4. The predicted octanol–water partition coefficient (Wildman–Crippen LogP) is 5.28. The molecule has 1 heterocycles. The zero-order valence-corrected chi connectivity index (χ0v) is 16.1. The Labute approximate surface area is 169 Å². The average Bonchev–Trinajstić information content (AvgIpc) is 2.75. The fourth-order valence-corrected chi connectivity index (χ4v) is 3.61. The molecule has 3 aromatic rings. The van der Waals surface area contributed by atoms with Crippen LogP contribution in [-0.2, 0) is 0 Å². The topological polar surface area (TPSA) is 66.9 Å². The third-order valence-electron chi connectivity index (χ3n) is 5.15. The fourth-order valence-electron chi connectivity index (χ4n) is 3.61. The van der Waals surface area contributed by atoms with Crippen molar-refractivity contribution in [2.45, 2.75) is 38.1 Å². The number of nitrogens with one attached hydrogen (secondary N) is 2. The number of amides is 1. The quantitative estimate of drug-likeness (QED) is 0.622. The molecule has 148 valence electrons. The Hall–Kier alpha value is -3.28. The van der Waals surface area contributed by atoms with Crippen molar-refractivity contribution < 1.29 is 9.18 Å². The second-order valence-corrected chi connectivity index (χ2v) is 7.31. The van der Waals surface area contributed by atoms with E-state index in [1.807, 2.05) is 18.2 Å². The van der Waals surface area contributed by atoms with E-state index in [0.29, 0.717) is 17.3 Å². The molecule has 2 aromatic carbocycles. The Kier molecular flexibility index (Phi) is 5.79. The lowest BCUT2D eigenvalue weighted by Gasteiger charge is -2.23. The third kappa shape index (κ3) is 4.96. The van der Waals surface area contributed by atoms with Gasteiger partial charge >= 0.3 is 0 Å². The molecule has 29 heavy (non-hydrogen) atoms. The predicted molar refractivity (Wildman–Crippen MR) is 112 cm³/mol. The van der Waals surface area contributed by atoms with Gasteiger partial charge in [0.25, 0.3) is 5.91 Å². The fraction of sp³-hybridized carbons (Fsp3) is 0.261. The number of nitrogens with zero attached hydrogens (tertiary/aromatic N) is 2. The van der Waals surface area contributed by atoms with Crippen molar-refractivity contribution in [3.8, 4) is 11.3 Å². The summed E-state index contributed by atoms with van der Waals surface area (Å²) in [6.07, 6.45) is 7.74. The van der Waals surface area contributed by atoms with Gasteiger partial charge in [-0.15, -0.1) is 0 Å². The number of rotatable bonds is 5. The van der Waals surface area contributed by atoms with Crippen molar-refractivity contribution in [1.82, 2.24) is 9.97 Å². The van der Waals surface area contributed by atoms with E-state index in [1.165, 1.54) is 44.2 Å². The van der Waals surface area contributed by atoms with Gasteiger partial charge in [-0.25, -0.2) is 14.4 Å². The molecule has 1 fully saturated rings.